The van der Waals surface area contributed by atoms with Crippen molar-refractivity contribution in [1.82, 2.24) is 0 Å². The quantitative estimate of drug-likeness (QED) is 0.551. The van der Waals surface area contributed by atoms with Crippen LogP contribution in [0.4, 0.5) is 0 Å². The van der Waals surface area contributed by atoms with Gasteiger partial charge in [0.2, 0.25) is 0 Å². The zero-order chi connectivity index (χ0) is 15.8. The fourth-order valence-corrected chi connectivity index (χ4v) is 3.18. The molecule has 0 heterocycles. The van der Waals surface area contributed by atoms with E-state index >= 15 is 0 Å². The summed E-state index contributed by atoms with van der Waals surface area (Å²) in [6.07, 6.45) is 0. The van der Waals surface area contributed by atoms with Crippen LogP contribution in [0.2, 0.25) is 0 Å². The Morgan fingerprint density at radius 2 is 1.67 bits per heavy atom. The first kappa shape index (κ1) is 15.4. The Hall–Kier alpha value is -2.01. The van der Waals surface area contributed by atoms with Crippen LogP contribution in [0.15, 0.2) is 36.4 Å². The molecule has 0 amide bonds. The molecule has 0 spiro atoms. The number of phenolic OH excluding ortho intramolecular Hbond substituents is 3. The summed E-state index contributed by atoms with van der Waals surface area (Å²) in [6, 6.07) is 8.13. The second kappa shape index (κ2) is 5.41. The molecule has 0 fully saturated rings. The Kier molecular flexibility index (Phi) is 3.96. The molecule has 1 unspecified atom stereocenters. The molecule has 2 aromatic carbocycles. The van der Waals surface area contributed by atoms with Gasteiger partial charge in [0.05, 0.1) is 5.30 Å². The fraction of sp³-hybridized carbons (Fsp3) is 0.143. The van der Waals surface area contributed by atoms with E-state index in [1.807, 2.05) is 0 Å². The van der Waals surface area contributed by atoms with Gasteiger partial charge in [-0.2, -0.15) is 0 Å². The van der Waals surface area contributed by atoms with E-state index in [4.69, 9.17) is 0 Å². The summed E-state index contributed by atoms with van der Waals surface area (Å²) < 4.78 is 11.6. The van der Waals surface area contributed by atoms with Gasteiger partial charge in [0.25, 0.3) is 0 Å². The average Bonchev–Trinajstić information content (AvgIpc) is 2.36. The molecule has 0 bridgehead atoms. The molecule has 0 aromatic heterocycles. The second-order valence-corrected chi connectivity index (χ2v) is 6.33. The van der Waals surface area contributed by atoms with Crippen LogP contribution in [0.3, 0.4) is 0 Å². The van der Waals surface area contributed by atoms with Gasteiger partial charge in [0.15, 0.2) is 0 Å². The molecule has 7 heteroatoms. The normalized spacial score (nSPS) is 13.1. The van der Waals surface area contributed by atoms with Gasteiger partial charge < -0.3 is 25.1 Å². The van der Waals surface area contributed by atoms with Crippen molar-refractivity contribution in [1.29, 1.82) is 0 Å². The van der Waals surface area contributed by atoms with Crippen LogP contribution in [-0.4, -0.2) is 25.1 Å². The van der Waals surface area contributed by atoms with Crippen LogP contribution in [0.25, 0.3) is 0 Å². The van der Waals surface area contributed by atoms with E-state index < -0.39 is 30.3 Å². The first-order valence-electron chi connectivity index (χ1n) is 6.11. The SMILES string of the molecule is CC(c1cccc(O)c1)c1c(O)cc(O)cc1P(=O)(O)O. The summed E-state index contributed by atoms with van der Waals surface area (Å²) in [6.45, 7) is 1.64. The summed E-state index contributed by atoms with van der Waals surface area (Å²) in [5.74, 6) is -1.42. The number of benzene rings is 2. The third-order valence-electron chi connectivity index (χ3n) is 3.24. The second-order valence-electron chi connectivity index (χ2n) is 4.76. The first-order chi connectivity index (χ1) is 9.70. The van der Waals surface area contributed by atoms with E-state index in [2.05, 4.69) is 0 Å². The Morgan fingerprint density at radius 1 is 1.00 bits per heavy atom. The van der Waals surface area contributed by atoms with Gasteiger partial charge in [0.1, 0.15) is 17.2 Å². The van der Waals surface area contributed by atoms with Gasteiger partial charge in [-0.05, 0) is 23.8 Å². The molecule has 0 aliphatic carbocycles. The highest BCUT2D eigenvalue weighted by molar-refractivity contribution is 7.60. The number of rotatable bonds is 3. The lowest BCUT2D eigenvalue weighted by Crippen LogP contribution is -2.14. The highest BCUT2D eigenvalue weighted by atomic mass is 31.2. The maximum Gasteiger partial charge on any atom is 0.356 e. The minimum atomic E-state index is -4.68. The number of aromatic hydroxyl groups is 3. The number of phenols is 3. The zero-order valence-electron chi connectivity index (χ0n) is 11.1. The van der Waals surface area contributed by atoms with Gasteiger partial charge in [-0.1, -0.05) is 19.1 Å². The minimum absolute atomic E-state index is 0.00958. The molecule has 0 aliphatic rings. The monoisotopic (exact) mass is 310 g/mol. The lowest BCUT2D eigenvalue weighted by molar-refractivity contribution is 0.385. The molecule has 1 atom stereocenters. The number of hydrogen-bond acceptors (Lipinski definition) is 4. The molecule has 2 aromatic rings. The first-order valence-corrected chi connectivity index (χ1v) is 7.72. The van der Waals surface area contributed by atoms with Crippen LogP contribution >= 0.6 is 7.60 Å². The molecule has 5 N–H and O–H groups in total. The topological polar surface area (TPSA) is 118 Å². The van der Waals surface area contributed by atoms with Crippen molar-refractivity contribution < 1.29 is 29.7 Å². The summed E-state index contributed by atoms with van der Waals surface area (Å²) in [7, 11) is -4.68. The molecular weight excluding hydrogens is 295 g/mol. The average molecular weight is 310 g/mol. The van der Waals surface area contributed by atoms with Crippen molar-refractivity contribution in [2.75, 3.05) is 0 Å². The fourth-order valence-electron chi connectivity index (χ4n) is 2.25. The van der Waals surface area contributed by atoms with Crippen molar-refractivity contribution in [3.8, 4) is 17.2 Å². The van der Waals surface area contributed by atoms with E-state index in [0.29, 0.717) is 5.56 Å². The van der Waals surface area contributed by atoms with Crippen LogP contribution in [0.5, 0.6) is 17.2 Å². The Balaban J connectivity index is 2.65. The smallest absolute Gasteiger partial charge is 0.356 e. The Morgan fingerprint density at radius 3 is 2.24 bits per heavy atom. The molecular formula is C14H15O6P. The summed E-state index contributed by atoms with van der Waals surface area (Å²) >= 11 is 0. The molecule has 0 saturated heterocycles. The lowest BCUT2D eigenvalue weighted by atomic mass is 9.92. The van der Waals surface area contributed by atoms with Crippen molar-refractivity contribution in [2.45, 2.75) is 12.8 Å². The largest absolute Gasteiger partial charge is 0.508 e. The van der Waals surface area contributed by atoms with Crippen molar-refractivity contribution in [2.24, 2.45) is 0 Å². The van der Waals surface area contributed by atoms with Crippen LogP contribution in [0, 0.1) is 0 Å². The van der Waals surface area contributed by atoms with E-state index in [9.17, 15) is 29.7 Å². The van der Waals surface area contributed by atoms with Gasteiger partial charge in [-0.25, -0.2) is 0 Å². The minimum Gasteiger partial charge on any atom is -0.508 e. The molecule has 0 radical (unpaired) electrons. The predicted octanol–water partition coefficient (Wildman–Crippen LogP) is 1.76. The Labute approximate surface area is 121 Å². The summed E-state index contributed by atoms with van der Waals surface area (Å²) in [5.41, 5.74) is 0.595. The highest BCUT2D eigenvalue weighted by Gasteiger charge is 2.28. The summed E-state index contributed by atoms with van der Waals surface area (Å²) in [5, 5.41) is 28.5. The van der Waals surface area contributed by atoms with E-state index in [0.717, 1.165) is 12.1 Å². The maximum absolute atomic E-state index is 11.6. The third-order valence-corrected chi connectivity index (χ3v) is 4.24. The molecule has 0 saturated carbocycles. The van der Waals surface area contributed by atoms with Gasteiger partial charge in [0, 0.05) is 17.5 Å². The van der Waals surface area contributed by atoms with Gasteiger partial charge >= 0.3 is 7.60 Å². The zero-order valence-corrected chi connectivity index (χ0v) is 12.0. The lowest BCUT2D eigenvalue weighted by Gasteiger charge is -2.19. The van der Waals surface area contributed by atoms with Gasteiger partial charge in [-0.3, -0.25) is 4.57 Å². The standard InChI is InChI=1S/C14H15O6P/c1-8(9-3-2-4-10(15)5-9)14-12(17)6-11(16)7-13(14)21(18,19)20/h2-8,15-17H,1H3,(H2,18,19,20). The molecule has 2 rings (SSSR count). The maximum atomic E-state index is 11.6. The predicted molar refractivity (Wildman–Crippen MR) is 77.1 cm³/mol. The highest BCUT2D eigenvalue weighted by Crippen LogP contribution is 2.43. The van der Waals surface area contributed by atoms with Crippen molar-refractivity contribution >= 4 is 12.9 Å². The van der Waals surface area contributed by atoms with Crippen LogP contribution in [0.1, 0.15) is 24.0 Å². The van der Waals surface area contributed by atoms with Crippen LogP contribution in [-0.2, 0) is 4.57 Å². The summed E-state index contributed by atoms with van der Waals surface area (Å²) in [4.78, 5) is 18.8. The number of hydrogen-bond donors (Lipinski definition) is 5. The molecule has 6 nitrogen and oxygen atoms in total. The van der Waals surface area contributed by atoms with E-state index in [1.165, 1.54) is 12.1 Å². The molecule has 112 valence electrons. The molecule has 0 aliphatic heterocycles. The van der Waals surface area contributed by atoms with Crippen molar-refractivity contribution in [3.63, 3.8) is 0 Å². The van der Waals surface area contributed by atoms with Gasteiger partial charge in [-0.15, -0.1) is 0 Å². The third kappa shape index (κ3) is 3.19. The molecule has 21 heavy (non-hydrogen) atoms. The van der Waals surface area contributed by atoms with E-state index in [1.54, 1.807) is 19.1 Å². The van der Waals surface area contributed by atoms with Crippen LogP contribution < -0.4 is 5.30 Å². The Bertz CT molecular complexity index is 721. The van der Waals surface area contributed by atoms with E-state index in [-0.39, 0.29) is 11.3 Å². The van der Waals surface area contributed by atoms with Crippen molar-refractivity contribution in [3.05, 3.63) is 47.5 Å².